The summed E-state index contributed by atoms with van der Waals surface area (Å²) in [6, 6.07) is 9.96. The molecule has 3 rings (SSSR count). The zero-order valence-electron chi connectivity index (χ0n) is 15.4. The molecular formula is C20H23FN2O3S. The van der Waals surface area contributed by atoms with Crippen molar-refractivity contribution in [3.05, 3.63) is 59.4 Å². The van der Waals surface area contributed by atoms with Gasteiger partial charge in [0.25, 0.3) is 15.9 Å². The summed E-state index contributed by atoms with van der Waals surface area (Å²) in [6.45, 7) is 5.28. The molecule has 0 unspecified atom stereocenters. The number of nitrogens with one attached hydrogen (secondary N) is 1. The first-order valence-corrected chi connectivity index (χ1v) is 10.4. The van der Waals surface area contributed by atoms with Gasteiger partial charge in [-0.2, -0.15) is 0 Å². The van der Waals surface area contributed by atoms with E-state index in [1.807, 2.05) is 0 Å². The number of rotatable bonds is 4. The highest BCUT2D eigenvalue weighted by atomic mass is 32.2. The van der Waals surface area contributed by atoms with Crippen molar-refractivity contribution in [1.82, 2.24) is 4.90 Å². The van der Waals surface area contributed by atoms with E-state index in [1.165, 1.54) is 30.3 Å². The van der Waals surface area contributed by atoms with Gasteiger partial charge in [0.1, 0.15) is 5.82 Å². The average Bonchev–Trinajstić information content (AvgIpc) is 2.64. The van der Waals surface area contributed by atoms with E-state index in [0.29, 0.717) is 30.1 Å². The molecule has 5 nitrogen and oxygen atoms in total. The summed E-state index contributed by atoms with van der Waals surface area (Å²) in [5.74, 6) is -0.235. The lowest BCUT2D eigenvalue weighted by atomic mass is 9.98. The molecule has 1 saturated heterocycles. The molecule has 2 aromatic carbocycles. The lowest BCUT2D eigenvalue weighted by molar-refractivity contribution is 0.0696. The van der Waals surface area contributed by atoms with Crippen molar-refractivity contribution in [1.29, 1.82) is 0 Å². The number of amides is 1. The molecule has 0 atom stereocenters. The molecule has 144 valence electrons. The van der Waals surface area contributed by atoms with Crippen LogP contribution in [-0.2, 0) is 10.0 Å². The van der Waals surface area contributed by atoms with Crippen molar-refractivity contribution < 1.29 is 17.6 Å². The minimum absolute atomic E-state index is 0.0647. The van der Waals surface area contributed by atoms with E-state index < -0.39 is 15.8 Å². The molecule has 1 N–H and O–H groups in total. The standard InChI is InChI=1S/C20H23FN2O3S/c1-14-9-11-23(12-10-14)20(24)17-13-16(8-7-15(17)2)27(25,26)22-19-6-4-3-5-18(19)21/h3-8,13-14,22H,9-12H2,1-2H3. The lowest BCUT2D eigenvalue weighted by Gasteiger charge is -2.30. The first-order valence-electron chi connectivity index (χ1n) is 8.95. The summed E-state index contributed by atoms with van der Waals surface area (Å²) in [6.07, 6.45) is 1.88. The maximum atomic E-state index is 13.8. The second kappa shape index (κ2) is 7.68. The van der Waals surface area contributed by atoms with Crippen LogP contribution in [0.2, 0.25) is 0 Å². The summed E-state index contributed by atoms with van der Waals surface area (Å²) >= 11 is 0. The van der Waals surface area contributed by atoms with Crippen molar-refractivity contribution in [3.8, 4) is 0 Å². The average molecular weight is 390 g/mol. The number of benzene rings is 2. The molecule has 1 heterocycles. The van der Waals surface area contributed by atoms with Crippen molar-refractivity contribution in [2.24, 2.45) is 5.92 Å². The molecule has 1 aliphatic rings. The predicted molar refractivity (Wildman–Crippen MR) is 103 cm³/mol. The third-order valence-corrected chi connectivity index (χ3v) is 6.30. The third-order valence-electron chi connectivity index (χ3n) is 4.94. The maximum absolute atomic E-state index is 13.8. The molecule has 1 fully saturated rings. The lowest BCUT2D eigenvalue weighted by Crippen LogP contribution is -2.38. The smallest absolute Gasteiger partial charge is 0.262 e. The summed E-state index contributed by atoms with van der Waals surface area (Å²) in [4.78, 5) is 14.6. The van der Waals surface area contributed by atoms with Gasteiger partial charge < -0.3 is 4.90 Å². The molecule has 7 heteroatoms. The van der Waals surface area contributed by atoms with Crippen LogP contribution in [0.25, 0.3) is 0 Å². The van der Waals surface area contributed by atoms with Gasteiger partial charge in [0.2, 0.25) is 0 Å². The summed E-state index contributed by atoms with van der Waals surface area (Å²) in [7, 11) is -4.01. The number of halogens is 1. The van der Waals surface area contributed by atoms with Gasteiger partial charge in [-0.15, -0.1) is 0 Å². The van der Waals surface area contributed by atoms with Crippen molar-refractivity contribution in [3.63, 3.8) is 0 Å². The van der Waals surface area contributed by atoms with Gasteiger partial charge >= 0.3 is 0 Å². The fraction of sp³-hybridized carbons (Fsp3) is 0.350. The molecule has 1 aliphatic heterocycles. The summed E-state index contributed by atoms with van der Waals surface area (Å²) < 4.78 is 41.4. The van der Waals surface area contributed by atoms with Crippen LogP contribution in [0, 0.1) is 18.7 Å². The number of para-hydroxylation sites is 1. The summed E-state index contributed by atoms with van der Waals surface area (Å²) in [5, 5.41) is 0. The molecule has 0 saturated carbocycles. The molecule has 27 heavy (non-hydrogen) atoms. The van der Waals surface area contributed by atoms with Gasteiger partial charge in [-0.1, -0.05) is 25.1 Å². The molecule has 1 amide bonds. The second-order valence-electron chi connectivity index (χ2n) is 7.04. The Morgan fingerprint density at radius 3 is 2.48 bits per heavy atom. The van der Waals surface area contributed by atoms with E-state index in [0.717, 1.165) is 12.8 Å². The zero-order chi connectivity index (χ0) is 19.6. The quantitative estimate of drug-likeness (QED) is 0.863. The molecule has 0 radical (unpaired) electrons. The first-order chi connectivity index (χ1) is 12.8. The second-order valence-corrected chi connectivity index (χ2v) is 8.72. The molecule has 0 aromatic heterocycles. The zero-order valence-corrected chi connectivity index (χ0v) is 16.2. The van der Waals surface area contributed by atoms with Crippen molar-refractivity contribution >= 4 is 21.6 Å². The minimum atomic E-state index is -4.01. The number of carbonyl (C=O) groups excluding carboxylic acids is 1. The van der Waals surface area contributed by atoms with Crippen LogP contribution in [0.5, 0.6) is 0 Å². The molecule has 2 aromatic rings. The molecule has 0 bridgehead atoms. The molecule has 0 spiro atoms. The first kappa shape index (κ1) is 19.4. The Morgan fingerprint density at radius 2 is 1.81 bits per heavy atom. The van der Waals surface area contributed by atoms with Crippen LogP contribution in [-0.4, -0.2) is 32.3 Å². The van der Waals surface area contributed by atoms with Gasteiger partial charge in [0, 0.05) is 18.7 Å². The Hall–Kier alpha value is -2.41. The van der Waals surface area contributed by atoms with Crippen LogP contribution in [0.1, 0.15) is 35.7 Å². The third kappa shape index (κ3) is 4.30. The highest BCUT2D eigenvalue weighted by molar-refractivity contribution is 7.92. The van der Waals surface area contributed by atoms with Crippen LogP contribution < -0.4 is 4.72 Å². The van der Waals surface area contributed by atoms with Gasteiger partial charge in [-0.25, -0.2) is 12.8 Å². The number of likely N-dealkylation sites (tertiary alicyclic amines) is 1. The van der Waals surface area contributed by atoms with Gasteiger partial charge in [0.05, 0.1) is 10.6 Å². The number of hydrogen-bond donors (Lipinski definition) is 1. The predicted octanol–water partition coefficient (Wildman–Crippen LogP) is 3.81. The summed E-state index contributed by atoms with van der Waals surface area (Å²) in [5.41, 5.74) is 0.945. The van der Waals surface area contributed by atoms with Gasteiger partial charge in [0.15, 0.2) is 0 Å². The van der Waals surface area contributed by atoms with Gasteiger partial charge in [-0.05, 0) is 55.5 Å². The van der Waals surface area contributed by atoms with E-state index in [1.54, 1.807) is 24.0 Å². The number of piperidine rings is 1. The molecule has 0 aliphatic carbocycles. The Morgan fingerprint density at radius 1 is 1.15 bits per heavy atom. The normalized spacial score (nSPS) is 15.6. The van der Waals surface area contributed by atoms with E-state index >= 15 is 0 Å². The minimum Gasteiger partial charge on any atom is -0.339 e. The maximum Gasteiger partial charge on any atom is 0.262 e. The van der Waals surface area contributed by atoms with Gasteiger partial charge in [-0.3, -0.25) is 9.52 Å². The van der Waals surface area contributed by atoms with Crippen molar-refractivity contribution in [2.45, 2.75) is 31.6 Å². The number of anilines is 1. The van der Waals surface area contributed by atoms with E-state index in [4.69, 9.17) is 0 Å². The number of carbonyl (C=O) groups is 1. The Labute approximate surface area is 159 Å². The monoisotopic (exact) mass is 390 g/mol. The number of sulfonamides is 1. The van der Waals surface area contributed by atoms with E-state index in [9.17, 15) is 17.6 Å². The molecular weight excluding hydrogens is 367 g/mol. The Balaban J connectivity index is 1.88. The fourth-order valence-corrected chi connectivity index (χ4v) is 4.22. The van der Waals surface area contributed by atoms with Crippen LogP contribution in [0.15, 0.2) is 47.4 Å². The van der Waals surface area contributed by atoms with E-state index in [2.05, 4.69) is 11.6 Å². The highest BCUT2D eigenvalue weighted by Crippen LogP contribution is 2.24. The number of hydrogen-bond acceptors (Lipinski definition) is 3. The largest absolute Gasteiger partial charge is 0.339 e. The Bertz CT molecular complexity index is 951. The SMILES string of the molecule is Cc1ccc(S(=O)(=O)Nc2ccccc2F)cc1C(=O)N1CCC(C)CC1. The van der Waals surface area contributed by atoms with Crippen LogP contribution in [0.4, 0.5) is 10.1 Å². The topological polar surface area (TPSA) is 66.5 Å². The van der Waals surface area contributed by atoms with Crippen molar-refractivity contribution in [2.75, 3.05) is 17.8 Å². The Kier molecular flexibility index (Phi) is 5.51. The fourth-order valence-electron chi connectivity index (χ4n) is 3.13. The number of nitrogens with zero attached hydrogens (tertiary/aromatic N) is 1. The van der Waals surface area contributed by atoms with E-state index in [-0.39, 0.29) is 16.5 Å². The number of aryl methyl sites for hydroxylation is 1. The highest BCUT2D eigenvalue weighted by Gasteiger charge is 2.25. The van der Waals surface area contributed by atoms with Crippen LogP contribution in [0.3, 0.4) is 0 Å². The van der Waals surface area contributed by atoms with Crippen LogP contribution >= 0.6 is 0 Å².